The molecule has 8 N–H and O–H groups in total. The van der Waals surface area contributed by atoms with Crippen LogP contribution in [-0.4, -0.2) is 63.3 Å². The number of likely N-dealkylation sites (tertiary alicyclic amines) is 1. The van der Waals surface area contributed by atoms with Gasteiger partial charge in [0.25, 0.3) is 0 Å². The average molecular weight is 508 g/mol. The minimum absolute atomic E-state index is 0.135. The number of rotatable bonds is 10. The first kappa shape index (κ1) is 26.7. The van der Waals surface area contributed by atoms with Crippen LogP contribution in [0.5, 0.6) is 0 Å². The Kier molecular flexibility index (Phi) is 8.95. The predicted molar refractivity (Wildman–Crippen MR) is 134 cm³/mol. The number of anilines is 1. The van der Waals surface area contributed by atoms with E-state index in [2.05, 4.69) is 22.3 Å². The third kappa shape index (κ3) is 7.31. The first-order valence-electron chi connectivity index (χ1n) is 12.1. The number of guanidine groups is 1. The highest BCUT2D eigenvalue weighted by Gasteiger charge is 2.33. The third-order valence-electron chi connectivity index (χ3n) is 6.59. The normalized spacial score (nSPS) is 19.3. The number of para-hydroxylation sites is 1. The van der Waals surface area contributed by atoms with E-state index in [9.17, 15) is 18.0 Å². The van der Waals surface area contributed by atoms with E-state index in [1.165, 1.54) is 0 Å². The highest BCUT2D eigenvalue weighted by Crippen LogP contribution is 2.31. The summed E-state index contributed by atoms with van der Waals surface area (Å²) in [5.74, 6) is -0.293. The van der Waals surface area contributed by atoms with Gasteiger partial charge in [-0.05, 0) is 55.6 Å². The van der Waals surface area contributed by atoms with Crippen molar-refractivity contribution < 1.29 is 18.0 Å². The molecule has 0 aromatic heterocycles. The zero-order valence-electron chi connectivity index (χ0n) is 20.2. The molecule has 0 radical (unpaired) electrons. The summed E-state index contributed by atoms with van der Waals surface area (Å²) in [5, 5.41) is 13.2. The van der Waals surface area contributed by atoms with Crippen molar-refractivity contribution >= 4 is 33.5 Å². The molecule has 1 fully saturated rings. The molecule has 194 valence electrons. The molecule has 3 rings (SSSR count). The lowest BCUT2D eigenvalue weighted by molar-refractivity contribution is -0.134. The summed E-state index contributed by atoms with van der Waals surface area (Å²) in [6, 6.07) is 4.24. The van der Waals surface area contributed by atoms with Crippen LogP contribution in [0.25, 0.3) is 0 Å². The number of primary amides is 1. The van der Waals surface area contributed by atoms with Crippen LogP contribution in [0.3, 0.4) is 0 Å². The number of nitrogens with two attached hydrogens (primary N) is 2. The minimum Gasteiger partial charge on any atom is -0.383 e. The largest absolute Gasteiger partial charge is 0.383 e. The molecule has 12 heteroatoms. The molecule has 1 unspecified atom stereocenters. The van der Waals surface area contributed by atoms with E-state index < -0.39 is 16.1 Å². The van der Waals surface area contributed by atoms with Crippen molar-refractivity contribution in [3.05, 3.63) is 23.8 Å². The van der Waals surface area contributed by atoms with Crippen molar-refractivity contribution in [3.63, 3.8) is 0 Å². The highest BCUT2D eigenvalue weighted by molar-refractivity contribution is 7.89. The van der Waals surface area contributed by atoms with Crippen LogP contribution >= 0.6 is 0 Å². The number of hydrogen-bond acceptors (Lipinski definition) is 6. The summed E-state index contributed by atoms with van der Waals surface area (Å²) >= 11 is 0. The Morgan fingerprint density at radius 2 is 1.97 bits per heavy atom. The number of carbonyl (C=O) groups is 2. The lowest BCUT2D eigenvalue weighted by atomic mass is 9.93. The second kappa shape index (κ2) is 11.7. The van der Waals surface area contributed by atoms with Crippen LogP contribution in [0, 0.1) is 17.2 Å². The van der Waals surface area contributed by atoms with Gasteiger partial charge in [-0.2, -0.15) is 4.72 Å². The first-order valence-corrected chi connectivity index (χ1v) is 13.6. The molecule has 0 aliphatic carbocycles. The SMILES string of the molecule is CC1CNc2c(cccc2S(=O)(=O)N[C@@H](CCCNC(=N)N)C(=O)N2CCC(CC(N)=O)CC2)C1. The predicted octanol–water partition coefficient (Wildman–Crippen LogP) is 0.315. The molecule has 1 saturated heterocycles. The Morgan fingerprint density at radius 1 is 1.26 bits per heavy atom. The molecular formula is C23H37N7O4S. The third-order valence-corrected chi connectivity index (χ3v) is 8.11. The molecule has 35 heavy (non-hydrogen) atoms. The van der Waals surface area contributed by atoms with Crippen LogP contribution in [0.15, 0.2) is 23.1 Å². The van der Waals surface area contributed by atoms with E-state index in [1.54, 1.807) is 17.0 Å². The maximum absolute atomic E-state index is 13.5. The molecule has 0 spiro atoms. The van der Waals surface area contributed by atoms with Crippen LogP contribution in [0.4, 0.5) is 5.69 Å². The van der Waals surface area contributed by atoms with Gasteiger partial charge in [0, 0.05) is 32.6 Å². The van der Waals surface area contributed by atoms with Gasteiger partial charge in [0.1, 0.15) is 10.9 Å². The summed E-state index contributed by atoms with van der Waals surface area (Å²) in [7, 11) is -3.99. The number of hydrogen-bond donors (Lipinski definition) is 6. The molecule has 2 amide bonds. The topological polar surface area (TPSA) is 184 Å². The van der Waals surface area contributed by atoms with Crippen molar-refractivity contribution in [2.75, 3.05) is 31.5 Å². The maximum atomic E-state index is 13.5. The summed E-state index contributed by atoms with van der Waals surface area (Å²) in [4.78, 5) is 26.4. The van der Waals surface area contributed by atoms with Gasteiger partial charge in [0.2, 0.25) is 21.8 Å². The fraction of sp³-hybridized carbons (Fsp3) is 0.609. The van der Waals surface area contributed by atoms with E-state index in [0.29, 0.717) is 63.5 Å². The van der Waals surface area contributed by atoms with Gasteiger partial charge in [-0.25, -0.2) is 8.42 Å². The summed E-state index contributed by atoms with van der Waals surface area (Å²) in [6.45, 7) is 4.02. The average Bonchev–Trinajstić information content (AvgIpc) is 2.80. The van der Waals surface area contributed by atoms with Gasteiger partial charge in [-0.3, -0.25) is 15.0 Å². The maximum Gasteiger partial charge on any atom is 0.243 e. The lowest BCUT2D eigenvalue weighted by Crippen LogP contribution is -2.51. The fourth-order valence-corrected chi connectivity index (χ4v) is 6.22. The number of amides is 2. The molecule has 1 aromatic carbocycles. The first-order chi connectivity index (χ1) is 16.6. The number of carbonyl (C=O) groups excluding carboxylic acids is 2. The second-order valence-corrected chi connectivity index (χ2v) is 11.3. The van der Waals surface area contributed by atoms with Crippen molar-refractivity contribution in [2.24, 2.45) is 23.3 Å². The number of piperidine rings is 1. The Balaban J connectivity index is 1.75. The van der Waals surface area contributed by atoms with E-state index >= 15 is 0 Å². The molecule has 0 bridgehead atoms. The molecule has 11 nitrogen and oxygen atoms in total. The van der Waals surface area contributed by atoms with Crippen LogP contribution in [0.2, 0.25) is 0 Å². The Bertz CT molecular complexity index is 1040. The second-order valence-electron chi connectivity index (χ2n) is 9.58. The molecule has 2 aliphatic heterocycles. The van der Waals surface area contributed by atoms with Crippen LogP contribution in [0.1, 0.15) is 44.6 Å². The zero-order chi connectivity index (χ0) is 25.6. The number of fused-ring (bicyclic) bond motifs is 1. The Labute approximate surface area is 206 Å². The quantitative estimate of drug-likeness (QED) is 0.150. The molecule has 0 saturated carbocycles. The Hall–Kier alpha value is -2.86. The lowest BCUT2D eigenvalue weighted by Gasteiger charge is -2.34. The van der Waals surface area contributed by atoms with Gasteiger partial charge in [-0.1, -0.05) is 19.1 Å². The highest BCUT2D eigenvalue weighted by atomic mass is 32.2. The number of benzene rings is 1. The molecule has 2 atom stereocenters. The molecule has 2 heterocycles. The van der Waals surface area contributed by atoms with E-state index in [1.807, 2.05) is 6.07 Å². The summed E-state index contributed by atoms with van der Waals surface area (Å²) in [6.07, 6.45) is 3.06. The van der Waals surface area contributed by atoms with Gasteiger partial charge < -0.3 is 27.0 Å². The van der Waals surface area contributed by atoms with Crippen LogP contribution in [-0.2, 0) is 26.0 Å². The smallest absolute Gasteiger partial charge is 0.243 e. The van der Waals surface area contributed by atoms with Crippen molar-refractivity contribution in [3.8, 4) is 0 Å². The van der Waals surface area contributed by atoms with E-state index in [-0.39, 0.29) is 35.0 Å². The fourth-order valence-electron chi connectivity index (χ4n) is 4.77. The van der Waals surface area contributed by atoms with Crippen molar-refractivity contribution in [2.45, 2.75) is 56.4 Å². The number of nitrogens with zero attached hydrogens (tertiary/aromatic N) is 1. The number of nitrogens with one attached hydrogen (secondary N) is 4. The summed E-state index contributed by atoms with van der Waals surface area (Å²) < 4.78 is 29.6. The molecular weight excluding hydrogens is 470 g/mol. The van der Waals surface area contributed by atoms with E-state index in [4.69, 9.17) is 16.9 Å². The monoisotopic (exact) mass is 507 g/mol. The van der Waals surface area contributed by atoms with E-state index in [0.717, 1.165) is 12.0 Å². The van der Waals surface area contributed by atoms with Gasteiger partial charge in [0.15, 0.2) is 5.96 Å². The van der Waals surface area contributed by atoms with Gasteiger partial charge >= 0.3 is 0 Å². The standard InChI is InChI=1S/C23H37N7O4S/c1-15-12-17-4-2-6-19(21(17)28-14-15)35(33,34)29-18(5-3-9-27-23(25)26)22(32)30-10-7-16(8-11-30)13-20(24)31/h2,4,6,15-16,18,28-29H,3,5,7-14H2,1H3,(H2,24,31)(H4,25,26,27)/t15?,18-/m0/s1. The van der Waals surface area contributed by atoms with Gasteiger partial charge in [0.05, 0.1) is 5.69 Å². The van der Waals surface area contributed by atoms with Gasteiger partial charge in [-0.15, -0.1) is 0 Å². The Morgan fingerprint density at radius 3 is 2.63 bits per heavy atom. The number of sulfonamides is 1. The minimum atomic E-state index is -3.99. The zero-order valence-corrected chi connectivity index (χ0v) is 21.0. The molecule has 2 aliphatic rings. The van der Waals surface area contributed by atoms with Crippen LogP contribution < -0.4 is 26.8 Å². The molecule has 1 aromatic rings. The van der Waals surface area contributed by atoms with Crippen molar-refractivity contribution in [1.82, 2.24) is 14.9 Å². The summed E-state index contributed by atoms with van der Waals surface area (Å²) in [5.41, 5.74) is 12.2. The van der Waals surface area contributed by atoms with Crippen molar-refractivity contribution in [1.29, 1.82) is 5.41 Å².